The second kappa shape index (κ2) is 5.21. The van der Waals surface area contributed by atoms with Crippen molar-refractivity contribution >= 4 is 5.69 Å². The maximum absolute atomic E-state index is 4.13. The third-order valence-corrected chi connectivity index (χ3v) is 3.56. The number of rotatable bonds is 4. The van der Waals surface area contributed by atoms with Crippen LogP contribution in [0.15, 0.2) is 42.7 Å². The molecule has 1 aliphatic carbocycles. The predicted octanol–water partition coefficient (Wildman–Crippen LogP) is 3.22. The molecule has 1 aromatic heterocycles. The van der Waals surface area contributed by atoms with Crippen LogP contribution in [-0.4, -0.2) is 11.5 Å². The highest BCUT2D eigenvalue weighted by molar-refractivity contribution is 5.50. The fraction of sp³-hybridized carbons (Fsp3) is 0.312. The molecule has 0 bridgehead atoms. The van der Waals surface area contributed by atoms with Gasteiger partial charge < -0.3 is 5.32 Å². The summed E-state index contributed by atoms with van der Waals surface area (Å²) in [4.78, 5) is 4.13. The molecular formula is C16H18N2. The molecule has 0 atom stereocenters. The van der Waals surface area contributed by atoms with E-state index in [9.17, 15) is 0 Å². The third-order valence-electron chi connectivity index (χ3n) is 3.56. The molecule has 0 radical (unpaired) electrons. The maximum atomic E-state index is 4.13. The van der Waals surface area contributed by atoms with E-state index >= 15 is 0 Å². The van der Waals surface area contributed by atoms with E-state index in [1.165, 1.54) is 41.6 Å². The molecule has 1 aliphatic rings. The second-order valence-corrected chi connectivity index (χ2v) is 4.88. The van der Waals surface area contributed by atoms with Crippen LogP contribution in [0, 0.1) is 0 Å². The van der Waals surface area contributed by atoms with Crippen molar-refractivity contribution in [3.63, 3.8) is 0 Å². The number of hydrogen-bond donors (Lipinski definition) is 1. The van der Waals surface area contributed by atoms with Gasteiger partial charge in [-0.25, -0.2) is 0 Å². The zero-order valence-electron chi connectivity index (χ0n) is 10.5. The summed E-state index contributed by atoms with van der Waals surface area (Å²) in [5.41, 5.74) is 5.60. The van der Waals surface area contributed by atoms with Gasteiger partial charge in [-0.1, -0.05) is 12.1 Å². The molecule has 0 fully saturated rings. The minimum absolute atomic E-state index is 0.963. The van der Waals surface area contributed by atoms with Crippen molar-refractivity contribution in [1.82, 2.24) is 4.98 Å². The average Bonchev–Trinajstić information content (AvgIpc) is 2.87. The zero-order valence-corrected chi connectivity index (χ0v) is 10.5. The van der Waals surface area contributed by atoms with Gasteiger partial charge in [-0.15, -0.1) is 0 Å². The van der Waals surface area contributed by atoms with Gasteiger partial charge in [-0.05, 0) is 60.6 Å². The lowest BCUT2D eigenvalue weighted by molar-refractivity contribution is 0.911. The fourth-order valence-corrected chi connectivity index (χ4v) is 2.58. The van der Waals surface area contributed by atoms with Crippen LogP contribution in [0.3, 0.4) is 0 Å². The van der Waals surface area contributed by atoms with Crippen LogP contribution in [-0.2, 0) is 19.3 Å². The first kappa shape index (κ1) is 11.3. The Kier molecular flexibility index (Phi) is 3.26. The number of aryl methyl sites for hydroxylation is 2. The van der Waals surface area contributed by atoms with Crippen molar-refractivity contribution in [2.75, 3.05) is 11.9 Å². The number of nitrogens with one attached hydrogen (secondary N) is 1. The van der Waals surface area contributed by atoms with Gasteiger partial charge in [0.1, 0.15) is 0 Å². The Morgan fingerprint density at radius 3 is 2.94 bits per heavy atom. The van der Waals surface area contributed by atoms with E-state index in [4.69, 9.17) is 0 Å². The Balaban J connectivity index is 1.57. The van der Waals surface area contributed by atoms with Crippen molar-refractivity contribution < 1.29 is 0 Å². The molecule has 2 aromatic rings. The number of anilines is 1. The minimum atomic E-state index is 0.963. The minimum Gasteiger partial charge on any atom is -0.385 e. The zero-order chi connectivity index (χ0) is 12.2. The Morgan fingerprint density at radius 2 is 2.06 bits per heavy atom. The fourth-order valence-electron chi connectivity index (χ4n) is 2.58. The molecule has 0 spiro atoms. The second-order valence-electron chi connectivity index (χ2n) is 4.88. The summed E-state index contributed by atoms with van der Waals surface area (Å²) in [5, 5.41) is 3.50. The van der Waals surface area contributed by atoms with Gasteiger partial charge in [0.2, 0.25) is 0 Å². The summed E-state index contributed by atoms with van der Waals surface area (Å²) in [7, 11) is 0. The van der Waals surface area contributed by atoms with Crippen LogP contribution in [0.4, 0.5) is 5.69 Å². The van der Waals surface area contributed by atoms with E-state index in [-0.39, 0.29) is 0 Å². The lowest BCUT2D eigenvalue weighted by Crippen LogP contribution is -2.05. The van der Waals surface area contributed by atoms with Gasteiger partial charge in [0.15, 0.2) is 0 Å². The van der Waals surface area contributed by atoms with Crippen molar-refractivity contribution in [3.8, 4) is 0 Å². The Hall–Kier alpha value is -1.83. The number of nitrogens with zero attached hydrogens (tertiary/aromatic N) is 1. The molecule has 0 unspecified atom stereocenters. The molecule has 1 aromatic carbocycles. The van der Waals surface area contributed by atoms with Crippen LogP contribution < -0.4 is 5.32 Å². The van der Waals surface area contributed by atoms with Gasteiger partial charge in [-0.3, -0.25) is 4.98 Å². The topological polar surface area (TPSA) is 24.9 Å². The highest BCUT2D eigenvalue weighted by Gasteiger charge is 2.10. The predicted molar refractivity (Wildman–Crippen MR) is 74.9 cm³/mol. The molecule has 92 valence electrons. The van der Waals surface area contributed by atoms with Crippen LogP contribution >= 0.6 is 0 Å². The molecule has 2 heteroatoms. The molecule has 1 N–H and O–H groups in total. The van der Waals surface area contributed by atoms with Gasteiger partial charge in [0.25, 0.3) is 0 Å². The average molecular weight is 238 g/mol. The quantitative estimate of drug-likeness (QED) is 0.884. The summed E-state index contributed by atoms with van der Waals surface area (Å²) in [6.45, 7) is 0.963. The normalized spacial score (nSPS) is 13.3. The number of aromatic nitrogens is 1. The van der Waals surface area contributed by atoms with Crippen molar-refractivity contribution in [1.29, 1.82) is 0 Å². The SMILES string of the molecule is c1cncc(CCNc2ccc3c(c2)CCC3)c1. The monoisotopic (exact) mass is 238 g/mol. The number of benzene rings is 1. The molecule has 3 rings (SSSR count). The molecule has 0 aliphatic heterocycles. The van der Waals surface area contributed by atoms with E-state index in [0.717, 1.165) is 13.0 Å². The van der Waals surface area contributed by atoms with Crippen LogP contribution in [0.1, 0.15) is 23.1 Å². The molecule has 18 heavy (non-hydrogen) atoms. The first-order valence-electron chi connectivity index (χ1n) is 6.66. The molecular weight excluding hydrogens is 220 g/mol. The summed E-state index contributed by atoms with van der Waals surface area (Å²) >= 11 is 0. The number of pyridine rings is 1. The van der Waals surface area contributed by atoms with Gasteiger partial charge >= 0.3 is 0 Å². The van der Waals surface area contributed by atoms with Crippen molar-refractivity contribution in [2.24, 2.45) is 0 Å². The molecule has 0 saturated heterocycles. The maximum Gasteiger partial charge on any atom is 0.0343 e. The largest absolute Gasteiger partial charge is 0.385 e. The Bertz CT molecular complexity index is 520. The standard InChI is InChI=1S/C16H18N2/c1-4-14-6-7-16(11-15(14)5-1)18-10-8-13-3-2-9-17-12-13/h2-3,6-7,9,11-12,18H,1,4-5,8,10H2. The smallest absolute Gasteiger partial charge is 0.0343 e. The first-order chi connectivity index (χ1) is 8.92. The number of hydrogen-bond acceptors (Lipinski definition) is 2. The first-order valence-corrected chi connectivity index (χ1v) is 6.66. The van der Waals surface area contributed by atoms with E-state index in [0.29, 0.717) is 0 Å². The van der Waals surface area contributed by atoms with Gasteiger partial charge in [0, 0.05) is 24.6 Å². The van der Waals surface area contributed by atoms with Crippen molar-refractivity contribution in [2.45, 2.75) is 25.7 Å². The number of fused-ring (bicyclic) bond motifs is 1. The molecule has 2 nitrogen and oxygen atoms in total. The lowest BCUT2D eigenvalue weighted by atomic mass is 10.1. The summed E-state index contributed by atoms with van der Waals surface area (Å²) in [5.74, 6) is 0. The highest BCUT2D eigenvalue weighted by atomic mass is 14.9. The summed E-state index contributed by atoms with van der Waals surface area (Å²) in [6.07, 6.45) is 8.58. The highest BCUT2D eigenvalue weighted by Crippen LogP contribution is 2.24. The molecule has 1 heterocycles. The van der Waals surface area contributed by atoms with E-state index < -0.39 is 0 Å². The van der Waals surface area contributed by atoms with Crippen LogP contribution in [0.25, 0.3) is 0 Å². The van der Waals surface area contributed by atoms with E-state index in [1.807, 2.05) is 18.5 Å². The molecule has 0 saturated carbocycles. The van der Waals surface area contributed by atoms with Crippen LogP contribution in [0.5, 0.6) is 0 Å². The van der Waals surface area contributed by atoms with Gasteiger partial charge in [0.05, 0.1) is 0 Å². The van der Waals surface area contributed by atoms with E-state index in [1.54, 1.807) is 0 Å². The van der Waals surface area contributed by atoms with Crippen LogP contribution in [0.2, 0.25) is 0 Å². The van der Waals surface area contributed by atoms with E-state index in [2.05, 4.69) is 34.6 Å². The third kappa shape index (κ3) is 2.53. The summed E-state index contributed by atoms with van der Waals surface area (Å²) in [6, 6.07) is 10.9. The lowest BCUT2D eigenvalue weighted by Gasteiger charge is -2.08. The molecule has 0 amide bonds. The van der Waals surface area contributed by atoms with Crippen molar-refractivity contribution in [3.05, 3.63) is 59.4 Å². The Morgan fingerprint density at radius 1 is 1.11 bits per heavy atom. The Labute approximate surface area is 108 Å². The van der Waals surface area contributed by atoms with Gasteiger partial charge in [-0.2, -0.15) is 0 Å². The summed E-state index contributed by atoms with van der Waals surface area (Å²) < 4.78 is 0.